The first-order valence-corrected chi connectivity index (χ1v) is 9.64. The molecule has 0 saturated carbocycles. The van der Waals surface area contributed by atoms with E-state index in [0.717, 1.165) is 37.2 Å². The van der Waals surface area contributed by atoms with Crippen LogP contribution in [0.4, 0.5) is 5.82 Å². The molecule has 5 rings (SSSR count). The molecule has 4 heterocycles. The first kappa shape index (κ1) is 15.8. The molecule has 2 aliphatic heterocycles. The number of benzene rings is 1. The maximum absolute atomic E-state index is 11.6. The average molecular weight is 351 g/mol. The Balaban J connectivity index is 1.37. The molecule has 1 aromatic carbocycles. The lowest BCUT2D eigenvalue weighted by atomic mass is 9.88. The van der Waals surface area contributed by atoms with Crippen LogP contribution in [-0.4, -0.2) is 39.5 Å². The number of rotatable bonds is 3. The maximum Gasteiger partial charge on any atom is 0.323 e. The molecule has 0 radical (unpaired) electrons. The van der Waals surface area contributed by atoms with E-state index < -0.39 is 0 Å². The van der Waals surface area contributed by atoms with E-state index in [1.54, 1.807) is 0 Å². The highest BCUT2D eigenvalue weighted by Crippen LogP contribution is 2.35. The standard InChI is InChI=1S/C20H25N5O/c26-20-23-17-7-1-4-14(18(17)24-20)12-25-9-3-5-13(11-25)16-10-22-19-15(16)6-2-8-21-19/h1,4,7,10,13,21-22H,2-3,5-6,8-9,11-12H2,(H2,23,24,26)/t13-/m0/s1. The molecule has 6 heteroatoms. The molecule has 0 spiro atoms. The van der Waals surface area contributed by atoms with Gasteiger partial charge in [0.05, 0.1) is 11.0 Å². The summed E-state index contributed by atoms with van der Waals surface area (Å²) in [7, 11) is 0. The number of nitrogens with one attached hydrogen (secondary N) is 4. The Bertz CT molecular complexity index is 982. The molecule has 3 aromatic rings. The van der Waals surface area contributed by atoms with Gasteiger partial charge in [-0.2, -0.15) is 0 Å². The molecule has 2 aromatic heterocycles. The van der Waals surface area contributed by atoms with Crippen molar-refractivity contribution in [2.24, 2.45) is 0 Å². The van der Waals surface area contributed by atoms with E-state index in [9.17, 15) is 4.79 Å². The zero-order chi connectivity index (χ0) is 17.5. The molecule has 1 fully saturated rings. The van der Waals surface area contributed by atoms with E-state index in [0.29, 0.717) is 5.92 Å². The first-order chi connectivity index (χ1) is 12.8. The minimum absolute atomic E-state index is 0.129. The van der Waals surface area contributed by atoms with E-state index in [2.05, 4.69) is 37.4 Å². The van der Waals surface area contributed by atoms with Crippen LogP contribution in [0.3, 0.4) is 0 Å². The van der Waals surface area contributed by atoms with Crippen LogP contribution in [0, 0.1) is 0 Å². The van der Waals surface area contributed by atoms with Crippen molar-refractivity contribution in [3.8, 4) is 0 Å². The van der Waals surface area contributed by atoms with Crippen LogP contribution >= 0.6 is 0 Å². The second-order valence-electron chi connectivity index (χ2n) is 7.62. The maximum atomic E-state index is 11.6. The van der Waals surface area contributed by atoms with Gasteiger partial charge in [0, 0.05) is 25.8 Å². The summed E-state index contributed by atoms with van der Waals surface area (Å²) in [6.07, 6.45) is 7.10. The molecule has 6 nitrogen and oxygen atoms in total. The van der Waals surface area contributed by atoms with Crippen molar-refractivity contribution in [1.82, 2.24) is 19.9 Å². The van der Waals surface area contributed by atoms with Gasteiger partial charge in [0.15, 0.2) is 0 Å². The smallest absolute Gasteiger partial charge is 0.323 e. The molecule has 136 valence electrons. The van der Waals surface area contributed by atoms with Gasteiger partial charge in [0.25, 0.3) is 0 Å². The van der Waals surface area contributed by atoms with Gasteiger partial charge in [0.2, 0.25) is 0 Å². The van der Waals surface area contributed by atoms with Crippen molar-refractivity contribution >= 4 is 16.9 Å². The molecule has 0 unspecified atom stereocenters. The Morgan fingerprint density at radius 3 is 3.12 bits per heavy atom. The van der Waals surface area contributed by atoms with Gasteiger partial charge in [-0.1, -0.05) is 12.1 Å². The second-order valence-corrected chi connectivity index (χ2v) is 7.62. The molecule has 4 N–H and O–H groups in total. The number of nitrogens with zero attached hydrogens (tertiary/aromatic N) is 1. The van der Waals surface area contributed by atoms with E-state index >= 15 is 0 Å². The Morgan fingerprint density at radius 1 is 1.19 bits per heavy atom. The van der Waals surface area contributed by atoms with Crippen molar-refractivity contribution in [1.29, 1.82) is 0 Å². The number of hydrogen-bond acceptors (Lipinski definition) is 3. The zero-order valence-corrected chi connectivity index (χ0v) is 14.9. The number of fused-ring (bicyclic) bond motifs is 2. The summed E-state index contributed by atoms with van der Waals surface area (Å²) in [5, 5.41) is 3.49. The largest absolute Gasteiger partial charge is 0.371 e. The van der Waals surface area contributed by atoms with Crippen LogP contribution in [0.5, 0.6) is 0 Å². The molecule has 0 amide bonds. The van der Waals surface area contributed by atoms with Crippen molar-refractivity contribution < 1.29 is 0 Å². The van der Waals surface area contributed by atoms with E-state index in [4.69, 9.17) is 0 Å². The van der Waals surface area contributed by atoms with E-state index in [1.165, 1.54) is 48.2 Å². The summed E-state index contributed by atoms with van der Waals surface area (Å²) in [4.78, 5) is 23.4. The molecule has 2 aliphatic rings. The number of aromatic amines is 3. The van der Waals surface area contributed by atoms with E-state index in [-0.39, 0.29) is 5.69 Å². The van der Waals surface area contributed by atoms with Gasteiger partial charge in [-0.15, -0.1) is 0 Å². The molecule has 26 heavy (non-hydrogen) atoms. The highest BCUT2D eigenvalue weighted by atomic mass is 16.1. The number of hydrogen-bond donors (Lipinski definition) is 4. The number of likely N-dealkylation sites (tertiary alicyclic amines) is 1. The minimum atomic E-state index is -0.129. The fraction of sp³-hybridized carbons (Fsp3) is 0.450. The summed E-state index contributed by atoms with van der Waals surface area (Å²) in [6.45, 7) is 4.15. The summed E-state index contributed by atoms with van der Waals surface area (Å²) in [5.74, 6) is 1.83. The third kappa shape index (κ3) is 2.74. The van der Waals surface area contributed by atoms with Crippen LogP contribution in [0.2, 0.25) is 0 Å². The SMILES string of the molecule is O=c1[nH]c2cccc(CN3CCC[C@H](c4c[nH]c5c4CCCN5)C3)c2[nH]1. The van der Waals surface area contributed by atoms with Crippen LogP contribution in [-0.2, 0) is 13.0 Å². The summed E-state index contributed by atoms with van der Waals surface area (Å²) < 4.78 is 0. The van der Waals surface area contributed by atoms with Crippen molar-refractivity contribution in [2.45, 2.75) is 38.1 Å². The van der Waals surface area contributed by atoms with Gasteiger partial charge >= 0.3 is 5.69 Å². The highest BCUT2D eigenvalue weighted by molar-refractivity contribution is 5.78. The van der Waals surface area contributed by atoms with Crippen LogP contribution in [0.1, 0.15) is 41.9 Å². The molecule has 1 saturated heterocycles. The Morgan fingerprint density at radius 2 is 2.15 bits per heavy atom. The highest BCUT2D eigenvalue weighted by Gasteiger charge is 2.26. The van der Waals surface area contributed by atoms with Crippen LogP contribution < -0.4 is 11.0 Å². The normalized spacial score (nSPS) is 20.8. The molecule has 0 bridgehead atoms. The summed E-state index contributed by atoms with van der Waals surface area (Å²) in [5.41, 5.74) is 5.91. The lowest BCUT2D eigenvalue weighted by molar-refractivity contribution is 0.200. The molecule has 0 aliphatic carbocycles. The van der Waals surface area contributed by atoms with Gasteiger partial charge in [-0.05, 0) is 60.9 Å². The fourth-order valence-corrected chi connectivity index (χ4v) is 4.68. The fourth-order valence-electron chi connectivity index (χ4n) is 4.68. The van der Waals surface area contributed by atoms with Gasteiger partial charge in [0.1, 0.15) is 5.82 Å². The van der Waals surface area contributed by atoms with Crippen molar-refractivity contribution in [2.75, 3.05) is 25.0 Å². The van der Waals surface area contributed by atoms with Crippen molar-refractivity contribution in [3.63, 3.8) is 0 Å². The number of anilines is 1. The number of aromatic nitrogens is 3. The van der Waals surface area contributed by atoms with Crippen LogP contribution in [0.15, 0.2) is 29.2 Å². The number of H-pyrrole nitrogens is 3. The Labute approximate surface area is 152 Å². The lowest BCUT2D eigenvalue weighted by Crippen LogP contribution is -2.34. The van der Waals surface area contributed by atoms with Gasteiger partial charge in [-0.25, -0.2) is 4.79 Å². The third-order valence-electron chi connectivity index (χ3n) is 5.90. The number of imidazole rings is 1. The van der Waals surface area contributed by atoms with E-state index in [1.807, 2.05) is 12.1 Å². The van der Waals surface area contributed by atoms with Crippen LogP contribution in [0.25, 0.3) is 11.0 Å². The minimum Gasteiger partial charge on any atom is -0.371 e. The number of piperidine rings is 1. The summed E-state index contributed by atoms with van der Waals surface area (Å²) >= 11 is 0. The molecular formula is C20H25N5O. The first-order valence-electron chi connectivity index (χ1n) is 9.64. The predicted molar refractivity (Wildman–Crippen MR) is 104 cm³/mol. The number of para-hydroxylation sites is 1. The molecule has 1 atom stereocenters. The molecular weight excluding hydrogens is 326 g/mol. The van der Waals surface area contributed by atoms with Gasteiger partial charge in [-0.3, -0.25) is 4.90 Å². The monoisotopic (exact) mass is 351 g/mol. The quantitative estimate of drug-likeness (QED) is 0.586. The Kier molecular flexibility index (Phi) is 3.85. The van der Waals surface area contributed by atoms with Gasteiger partial charge < -0.3 is 20.3 Å². The van der Waals surface area contributed by atoms with Crippen molar-refractivity contribution in [3.05, 3.63) is 51.6 Å². The Hall–Kier alpha value is -2.47. The predicted octanol–water partition coefficient (Wildman–Crippen LogP) is 2.92. The lowest BCUT2D eigenvalue weighted by Gasteiger charge is -2.33. The summed E-state index contributed by atoms with van der Waals surface area (Å²) in [6, 6.07) is 6.10. The topological polar surface area (TPSA) is 79.7 Å². The second kappa shape index (κ2) is 6.36. The average Bonchev–Trinajstić information content (AvgIpc) is 3.25. The third-order valence-corrected chi connectivity index (χ3v) is 5.90. The zero-order valence-electron chi connectivity index (χ0n) is 14.9.